The fraction of sp³-hybridized carbons (Fsp3) is 0.462. The maximum Gasteiger partial charge on any atom is 0.416 e. The molecule has 0 aliphatic carbocycles. The number of carbonyl (C=O) groups excluding carboxylic acids is 1. The minimum atomic E-state index is -4.46. The highest BCUT2D eigenvalue weighted by Crippen LogP contribution is 2.29. The van der Waals surface area contributed by atoms with Crippen molar-refractivity contribution in [3.63, 3.8) is 0 Å². The number of rotatable bonds is 2. The van der Waals surface area contributed by atoms with Crippen molar-refractivity contribution < 1.29 is 22.7 Å². The van der Waals surface area contributed by atoms with E-state index in [0.29, 0.717) is 0 Å². The molecule has 1 rings (SSSR count). The molecule has 18 heavy (non-hydrogen) atoms. The van der Waals surface area contributed by atoms with Crippen LogP contribution in [0.3, 0.4) is 0 Å². The van der Waals surface area contributed by atoms with E-state index in [-0.39, 0.29) is 17.6 Å². The summed E-state index contributed by atoms with van der Waals surface area (Å²) in [7, 11) is 0. The number of ether oxygens (including phenoxy) is 1. The Labute approximate surface area is 104 Å². The fourth-order valence-corrected chi connectivity index (χ4v) is 1.19. The lowest BCUT2D eigenvalue weighted by molar-refractivity contribution is -0.137. The number of hydrogen-bond donors (Lipinski definition) is 0. The zero-order valence-corrected chi connectivity index (χ0v) is 10.5. The van der Waals surface area contributed by atoms with E-state index in [9.17, 15) is 18.0 Å². The summed E-state index contributed by atoms with van der Waals surface area (Å²) in [5.41, 5.74) is -1.17. The molecule has 100 valence electrons. The van der Waals surface area contributed by atoms with E-state index in [2.05, 4.69) is 0 Å². The van der Waals surface area contributed by atoms with Crippen LogP contribution in [0.15, 0.2) is 24.3 Å². The fourth-order valence-electron chi connectivity index (χ4n) is 1.19. The number of halogens is 3. The monoisotopic (exact) mass is 260 g/mol. The van der Waals surface area contributed by atoms with Crippen LogP contribution in [-0.2, 0) is 10.9 Å². The normalized spacial score (nSPS) is 12.3. The first-order valence-corrected chi connectivity index (χ1v) is 5.44. The first kappa shape index (κ1) is 14.5. The maximum absolute atomic E-state index is 12.5. The number of hydrogen-bond acceptors (Lipinski definition) is 2. The van der Waals surface area contributed by atoms with E-state index in [1.807, 2.05) is 20.8 Å². The largest absolute Gasteiger partial charge is 0.462 e. The van der Waals surface area contributed by atoms with Gasteiger partial charge in [0.25, 0.3) is 0 Å². The molecule has 0 bridgehead atoms. The smallest absolute Gasteiger partial charge is 0.416 e. The summed E-state index contributed by atoms with van der Waals surface area (Å²) in [5, 5.41) is 0. The lowest BCUT2D eigenvalue weighted by Crippen LogP contribution is -2.18. The van der Waals surface area contributed by atoms with Crippen molar-refractivity contribution in [3.05, 3.63) is 35.4 Å². The summed E-state index contributed by atoms with van der Waals surface area (Å²) < 4.78 is 42.3. The first-order valence-electron chi connectivity index (χ1n) is 5.44. The van der Waals surface area contributed by atoms with E-state index in [1.165, 1.54) is 12.1 Å². The second-order valence-corrected chi connectivity index (χ2v) is 5.22. The third-order valence-corrected chi connectivity index (χ3v) is 2.06. The molecule has 0 heterocycles. The molecule has 1 aromatic rings. The minimum absolute atomic E-state index is 0.0888. The van der Waals surface area contributed by atoms with Crippen LogP contribution in [-0.4, -0.2) is 12.6 Å². The Morgan fingerprint density at radius 1 is 1.22 bits per heavy atom. The SMILES string of the molecule is CC(C)(C)COC(=O)c1cccc(C(F)(F)F)c1. The Bertz CT molecular complexity index is 431. The van der Waals surface area contributed by atoms with Crippen LogP contribution in [0, 0.1) is 5.41 Å². The molecule has 0 aliphatic heterocycles. The van der Waals surface area contributed by atoms with Gasteiger partial charge in [-0.25, -0.2) is 4.79 Å². The second kappa shape index (κ2) is 5.00. The molecule has 0 saturated heterocycles. The minimum Gasteiger partial charge on any atom is -0.462 e. The van der Waals surface area contributed by atoms with Crippen molar-refractivity contribution in [1.29, 1.82) is 0 Å². The highest BCUT2D eigenvalue weighted by atomic mass is 19.4. The molecule has 0 aliphatic rings. The molecule has 0 unspecified atom stereocenters. The van der Waals surface area contributed by atoms with Crippen LogP contribution >= 0.6 is 0 Å². The van der Waals surface area contributed by atoms with E-state index in [1.54, 1.807) is 0 Å². The second-order valence-electron chi connectivity index (χ2n) is 5.22. The van der Waals surface area contributed by atoms with Gasteiger partial charge >= 0.3 is 12.1 Å². The van der Waals surface area contributed by atoms with Gasteiger partial charge in [-0.2, -0.15) is 13.2 Å². The summed E-state index contributed by atoms with van der Waals surface area (Å²) in [4.78, 5) is 11.6. The molecule has 0 saturated carbocycles. The van der Waals surface area contributed by atoms with Crippen molar-refractivity contribution in [3.8, 4) is 0 Å². The standard InChI is InChI=1S/C13H15F3O2/c1-12(2,3)8-18-11(17)9-5-4-6-10(7-9)13(14,15)16/h4-7H,8H2,1-3H3. The van der Waals surface area contributed by atoms with Crippen molar-refractivity contribution in [1.82, 2.24) is 0 Å². The van der Waals surface area contributed by atoms with Gasteiger partial charge in [0.2, 0.25) is 0 Å². The van der Waals surface area contributed by atoms with Crippen LogP contribution in [0.4, 0.5) is 13.2 Å². The predicted octanol–water partition coefficient (Wildman–Crippen LogP) is 3.91. The maximum atomic E-state index is 12.5. The van der Waals surface area contributed by atoms with Gasteiger partial charge in [0.15, 0.2) is 0 Å². The van der Waals surface area contributed by atoms with Gasteiger partial charge in [-0.15, -0.1) is 0 Å². The number of benzene rings is 1. The predicted molar refractivity (Wildman–Crippen MR) is 61.2 cm³/mol. The third-order valence-electron chi connectivity index (χ3n) is 2.06. The molecule has 0 atom stereocenters. The van der Waals surface area contributed by atoms with Crippen LogP contribution in [0.2, 0.25) is 0 Å². The van der Waals surface area contributed by atoms with Gasteiger partial charge in [-0.3, -0.25) is 0 Å². The lowest BCUT2D eigenvalue weighted by Gasteiger charge is -2.18. The van der Waals surface area contributed by atoms with E-state index in [0.717, 1.165) is 12.1 Å². The van der Waals surface area contributed by atoms with Crippen LogP contribution in [0.1, 0.15) is 36.7 Å². The average molecular weight is 260 g/mol. The Morgan fingerprint density at radius 3 is 2.33 bits per heavy atom. The number of esters is 1. The van der Waals surface area contributed by atoms with Gasteiger partial charge in [-0.1, -0.05) is 26.8 Å². The molecule has 5 heteroatoms. The summed E-state index contributed by atoms with van der Waals surface area (Å²) >= 11 is 0. The van der Waals surface area contributed by atoms with Gasteiger partial charge in [0, 0.05) is 0 Å². The summed E-state index contributed by atoms with van der Waals surface area (Å²) in [6.45, 7) is 5.76. The van der Waals surface area contributed by atoms with Crippen LogP contribution < -0.4 is 0 Å². The Hall–Kier alpha value is -1.52. The highest BCUT2D eigenvalue weighted by Gasteiger charge is 2.31. The van der Waals surface area contributed by atoms with Crippen molar-refractivity contribution in [2.24, 2.45) is 5.41 Å². The first-order chi connectivity index (χ1) is 8.09. The van der Waals surface area contributed by atoms with Gasteiger partial charge in [0.1, 0.15) is 0 Å². The van der Waals surface area contributed by atoms with E-state index in [4.69, 9.17) is 4.74 Å². The molecule has 1 aromatic carbocycles. The van der Waals surface area contributed by atoms with Crippen LogP contribution in [0.25, 0.3) is 0 Å². The molecule has 0 fully saturated rings. The highest BCUT2D eigenvalue weighted by molar-refractivity contribution is 5.89. The van der Waals surface area contributed by atoms with Crippen molar-refractivity contribution >= 4 is 5.97 Å². The molecule has 0 spiro atoms. The summed E-state index contributed by atoms with van der Waals surface area (Å²) in [5.74, 6) is -0.740. The Kier molecular flexibility index (Phi) is 4.04. The molecule has 0 aromatic heterocycles. The van der Waals surface area contributed by atoms with Gasteiger partial charge in [0.05, 0.1) is 17.7 Å². The molecular weight excluding hydrogens is 245 g/mol. The number of alkyl halides is 3. The molecule has 2 nitrogen and oxygen atoms in total. The number of carbonyl (C=O) groups is 1. The van der Waals surface area contributed by atoms with Crippen molar-refractivity contribution in [2.45, 2.75) is 26.9 Å². The van der Waals surface area contributed by atoms with E-state index < -0.39 is 17.7 Å². The lowest BCUT2D eigenvalue weighted by atomic mass is 9.99. The molecular formula is C13H15F3O2. The quantitative estimate of drug-likeness (QED) is 0.753. The molecule has 0 N–H and O–H groups in total. The van der Waals surface area contributed by atoms with E-state index >= 15 is 0 Å². The van der Waals surface area contributed by atoms with Gasteiger partial charge < -0.3 is 4.74 Å². The molecule has 0 radical (unpaired) electrons. The zero-order valence-electron chi connectivity index (χ0n) is 10.5. The average Bonchev–Trinajstić information content (AvgIpc) is 2.24. The van der Waals surface area contributed by atoms with Crippen LogP contribution in [0.5, 0.6) is 0 Å². The zero-order chi connectivity index (χ0) is 14.0. The van der Waals surface area contributed by atoms with Gasteiger partial charge in [-0.05, 0) is 23.6 Å². The Balaban J connectivity index is 2.81. The summed E-state index contributed by atoms with van der Waals surface area (Å²) in [6, 6.07) is 4.21. The molecule has 0 amide bonds. The van der Waals surface area contributed by atoms with Crippen molar-refractivity contribution in [2.75, 3.05) is 6.61 Å². The Morgan fingerprint density at radius 2 is 1.83 bits per heavy atom. The topological polar surface area (TPSA) is 26.3 Å². The summed E-state index contributed by atoms with van der Waals surface area (Å²) in [6.07, 6.45) is -4.46. The third kappa shape index (κ3) is 4.39.